The fraction of sp³-hybridized carbons (Fsp3) is 0.261. The summed E-state index contributed by atoms with van der Waals surface area (Å²) in [5.41, 5.74) is 8.95. The van der Waals surface area contributed by atoms with E-state index in [-0.39, 0.29) is 12.3 Å². The van der Waals surface area contributed by atoms with Gasteiger partial charge < -0.3 is 30.8 Å². The van der Waals surface area contributed by atoms with E-state index in [1.165, 1.54) is 0 Å². The zero-order chi connectivity index (χ0) is 23.4. The Morgan fingerprint density at radius 2 is 1.94 bits per heavy atom. The lowest BCUT2D eigenvalue weighted by molar-refractivity contribution is 0.0303. The van der Waals surface area contributed by atoms with Gasteiger partial charge in [-0.15, -0.1) is 0 Å². The normalized spacial score (nSPS) is 14.6. The number of carbonyl (C=O) groups is 2. The Hall–Kier alpha value is -3.56. The molecule has 0 unspecified atom stereocenters. The van der Waals surface area contributed by atoms with Gasteiger partial charge in [-0.1, -0.05) is 35.9 Å². The molecule has 0 saturated carbocycles. The fourth-order valence-corrected chi connectivity index (χ4v) is 4.00. The highest BCUT2D eigenvalue weighted by Crippen LogP contribution is 2.29. The second-order valence-corrected chi connectivity index (χ2v) is 8.10. The maximum Gasteiger partial charge on any atom is 0.405 e. The Balaban J connectivity index is 1.58. The molecule has 1 aromatic heterocycles. The average Bonchev–Trinajstić information content (AvgIpc) is 3.21. The van der Waals surface area contributed by atoms with Gasteiger partial charge >= 0.3 is 6.09 Å². The van der Waals surface area contributed by atoms with Crippen molar-refractivity contribution in [2.45, 2.75) is 12.5 Å². The maximum atomic E-state index is 12.8. The second-order valence-electron chi connectivity index (χ2n) is 7.72. The molecule has 1 saturated heterocycles. The van der Waals surface area contributed by atoms with E-state index in [4.69, 9.17) is 22.1 Å². The van der Waals surface area contributed by atoms with Gasteiger partial charge in [-0.3, -0.25) is 4.79 Å². The fourth-order valence-electron chi connectivity index (χ4n) is 3.75. The average molecular weight is 470 g/mol. The SMILES string of the molecule is Nc1ccc(-c2nc([C@H](Cc3cccc(C(=O)N4CCOCC4)c3)NC(=O)O)[nH]c2Cl)cc1. The first-order chi connectivity index (χ1) is 15.9. The maximum absolute atomic E-state index is 12.8. The first-order valence-electron chi connectivity index (χ1n) is 10.5. The van der Waals surface area contributed by atoms with E-state index >= 15 is 0 Å². The van der Waals surface area contributed by atoms with Crippen LogP contribution in [0, 0.1) is 0 Å². The van der Waals surface area contributed by atoms with Crippen molar-refractivity contribution in [3.63, 3.8) is 0 Å². The van der Waals surface area contributed by atoms with Gasteiger partial charge in [0, 0.05) is 36.3 Å². The van der Waals surface area contributed by atoms with E-state index in [9.17, 15) is 14.7 Å². The molecule has 33 heavy (non-hydrogen) atoms. The molecule has 2 heterocycles. The van der Waals surface area contributed by atoms with Crippen molar-refractivity contribution >= 4 is 29.3 Å². The number of nitrogens with two attached hydrogens (primary N) is 1. The van der Waals surface area contributed by atoms with E-state index in [0.29, 0.717) is 54.2 Å². The van der Waals surface area contributed by atoms with Gasteiger partial charge in [-0.25, -0.2) is 9.78 Å². The number of amides is 2. The van der Waals surface area contributed by atoms with Gasteiger partial charge in [-0.05, 0) is 29.8 Å². The number of carbonyl (C=O) groups excluding carboxylic acids is 1. The second kappa shape index (κ2) is 9.93. The molecule has 3 aromatic rings. The van der Waals surface area contributed by atoms with Gasteiger partial charge in [0.1, 0.15) is 16.7 Å². The quantitative estimate of drug-likeness (QED) is 0.409. The molecule has 5 N–H and O–H groups in total. The zero-order valence-electron chi connectivity index (χ0n) is 17.8. The number of aromatic nitrogens is 2. The number of nitrogens with one attached hydrogen (secondary N) is 2. The Labute approximate surface area is 195 Å². The van der Waals surface area contributed by atoms with Crippen LogP contribution in [0.2, 0.25) is 5.15 Å². The number of hydrogen-bond acceptors (Lipinski definition) is 5. The summed E-state index contributed by atoms with van der Waals surface area (Å²) in [7, 11) is 0. The highest BCUT2D eigenvalue weighted by Gasteiger charge is 2.23. The molecule has 1 aliphatic rings. The van der Waals surface area contributed by atoms with Crippen LogP contribution in [-0.2, 0) is 11.2 Å². The highest BCUT2D eigenvalue weighted by atomic mass is 35.5. The number of anilines is 1. The molecule has 2 amide bonds. The summed E-state index contributed by atoms with van der Waals surface area (Å²) in [4.78, 5) is 33.6. The van der Waals surface area contributed by atoms with E-state index in [2.05, 4.69) is 15.3 Å². The smallest absolute Gasteiger partial charge is 0.405 e. The van der Waals surface area contributed by atoms with Crippen LogP contribution in [0.5, 0.6) is 0 Å². The Kier molecular flexibility index (Phi) is 6.81. The number of H-pyrrole nitrogens is 1. The van der Waals surface area contributed by atoms with Crippen LogP contribution >= 0.6 is 11.6 Å². The number of morpholine rings is 1. The van der Waals surface area contributed by atoms with Crippen molar-refractivity contribution < 1.29 is 19.4 Å². The van der Waals surface area contributed by atoms with Crippen LogP contribution in [0.25, 0.3) is 11.3 Å². The third-order valence-electron chi connectivity index (χ3n) is 5.40. The number of carboxylic acid groups (broad SMARTS) is 1. The number of nitrogens with zero attached hydrogens (tertiary/aromatic N) is 2. The molecule has 4 rings (SSSR count). The molecule has 10 heteroatoms. The van der Waals surface area contributed by atoms with Crippen LogP contribution in [0.3, 0.4) is 0 Å². The largest absolute Gasteiger partial charge is 0.465 e. The van der Waals surface area contributed by atoms with E-state index < -0.39 is 12.1 Å². The van der Waals surface area contributed by atoms with Gasteiger partial charge in [0.2, 0.25) is 0 Å². The Morgan fingerprint density at radius 1 is 1.21 bits per heavy atom. The van der Waals surface area contributed by atoms with Crippen molar-refractivity contribution in [1.29, 1.82) is 0 Å². The number of benzene rings is 2. The summed E-state index contributed by atoms with van der Waals surface area (Å²) in [6.07, 6.45) is -0.913. The van der Waals surface area contributed by atoms with Crippen molar-refractivity contribution in [3.05, 3.63) is 70.6 Å². The molecule has 0 spiro atoms. The molecule has 1 atom stereocenters. The summed E-state index contributed by atoms with van der Waals surface area (Å²) < 4.78 is 5.31. The number of ether oxygens (including phenoxy) is 1. The summed E-state index contributed by atoms with van der Waals surface area (Å²) in [5.74, 6) is 0.300. The van der Waals surface area contributed by atoms with Crippen LogP contribution < -0.4 is 11.1 Å². The number of aromatic amines is 1. The highest BCUT2D eigenvalue weighted by molar-refractivity contribution is 6.31. The van der Waals surface area contributed by atoms with Gasteiger partial charge in [0.05, 0.1) is 19.3 Å². The lowest BCUT2D eigenvalue weighted by Gasteiger charge is -2.27. The lowest BCUT2D eigenvalue weighted by Crippen LogP contribution is -2.40. The summed E-state index contributed by atoms with van der Waals surface area (Å²) in [6, 6.07) is 13.5. The molecule has 1 fully saturated rings. The number of nitrogen functional groups attached to an aromatic ring is 1. The van der Waals surface area contributed by atoms with Crippen molar-refractivity contribution in [2.24, 2.45) is 0 Å². The summed E-state index contributed by atoms with van der Waals surface area (Å²) >= 11 is 6.37. The molecule has 0 radical (unpaired) electrons. The summed E-state index contributed by atoms with van der Waals surface area (Å²) in [6.45, 7) is 2.13. The minimum atomic E-state index is -1.19. The molecule has 0 bridgehead atoms. The Bertz CT molecular complexity index is 1140. The number of rotatable bonds is 6. The van der Waals surface area contributed by atoms with Crippen LogP contribution in [0.15, 0.2) is 48.5 Å². The van der Waals surface area contributed by atoms with E-state index in [0.717, 1.165) is 11.1 Å². The van der Waals surface area contributed by atoms with Gasteiger partial charge in [0.15, 0.2) is 0 Å². The lowest BCUT2D eigenvalue weighted by atomic mass is 10.0. The van der Waals surface area contributed by atoms with Crippen molar-refractivity contribution in [2.75, 3.05) is 32.0 Å². The molecular weight excluding hydrogens is 446 g/mol. The van der Waals surface area contributed by atoms with E-state index in [1.54, 1.807) is 47.4 Å². The van der Waals surface area contributed by atoms with Gasteiger partial charge in [0.25, 0.3) is 5.91 Å². The molecule has 9 nitrogen and oxygen atoms in total. The predicted molar refractivity (Wildman–Crippen MR) is 124 cm³/mol. The van der Waals surface area contributed by atoms with Crippen molar-refractivity contribution in [3.8, 4) is 11.3 Å². The minimum absolute atomic E-state index is 0.0745. The third kappa shape index (κ3) is 5.44. The van der Waals surface area contributed by atoms with Crippen molar-refractivity contribution in [1.82, 2.24) is 20.2 Å². The third-order valence-corrected chi connectivity index (χ3v) is 5.68. The predicted octanol–water partition coefficient (Wildman–Crippen LogP) is 3.34. The number of imidazole rings is 1. The summed E-state index contributed by atoms with van der Waals surface area (Å²) in [5, 5.41) is 12.2. The molecule has 2 aromatic carbocycles. The van der Waals surface area contributed by atoms with Crippen LogP contribution in [0.4, 0.5) is 10.5 Å². The first kappa shape index (κ1) is 22.6. The standard InChI is InChI=1S/C23H24ClN5O4/c24-20-19(15-4-6-17(25)7-5-15)27-21(28-20)18(26-23(31)32)13-14-2-1-3-16(12-14)22(30)29-8-10-33-11-9-29/h1-7,12,18,26H,8-11,13,25H2,(H,27,28)(H,31,32)/t18-/m0/s1. The molecular formula is C23H24ClN5O4. The van der Waals surface area contributed by atoms with E-state index in [1.807, 2.05) is 6.07 Å². The zero-order valence-corrected chi connectivity index (χ0v) is 18.5. The van der Waals surface area contributed by atoms with Crippen LogP contribution in [-0.4, -0.2) is 58.3 Å². The van der Waals surface area contributed by atoms with Gasteiger partial charge in [-0.2, -0.15) is 0 Å². The van der Waals surface area contributed by atoms with Crippen LogP contribution in [0.1, 0.15) is 27.8 Å². The minimum Gasteiger partial charge on any atom is -0.465 e. The monoisotopic (exact) mass is 469 g/mol. The topological polar surface area (TPSA) is 134 Å². The number of halogens is 1. The Morgan fingerprint density at radius 3 is 2.64 bits per heavy atom. The molecule has 172 valence electrons. The number of hydrogen-bond donors (Lipinski definition) is 4. The molecule has 1 aliphatic heterocycles. The molecule has 0 aliphatic carbocycles. The first-order valence-corrected chi connectivity index (χ1v) is 10.8.